The Kier molecular flexibility index (Phi) is 16.0. The Morgan fingerprint density at radius 2 is 1.39 bits per heavy atom. The summed E-state index contributed by atoms with van der Waals surface area (Å²) in [6, 6.07) is 23.6. The van der Waals surface area contributed by atoms with Crippen LogP contribution in [-0.2, 0) is 37.1 Å². The molecule has 3 aromatic rings. The second-order valence-corrected chi connectivity index (χ2v) is 16.4. The van der Waals surface area contributed by atoms with Crippen LogP contribution in [0.15, 0.2) is 88.9 Å². The quantitative estimate of drug-likeness (QED) is 0.0682. The number of sulfonamides is 1. The average Bonchev–Trinajstić information content (AvgIpc) is 4.02. The molecule has 0 bridgehead atoms. The van der Waals surface area contributed by atoms with Crippen molar-refractivity contribution >= 4 is 10.0 Å². The minimum Gasteiger partial charge on any atom is -0.465 e. The van der Waals surface area contributed by atoms with Crippen LogP contribution in [0.5, 0.6) is 11.5 Å². The molecular formula is C40H55N5O8S. The first-order valence-electron chi connectivity index (χ1n) is 19.0. The van der Waals surface area contributed by atoms with E-state index in [2.05, 4.69) is 10.0 Å². The van der Waals surface area contributed by atoms with Gasteiger partial charge >= 0.3 is 0 Å². The van der Waals surface area contributed by atoms with Gasteiger partial charge in [0.1, 0.15) is 11.5 Å². The van der Waals surface area contributed by atoms with Crippen molar-refractivity contribution in [1.29, 1.82) is 0 Å². The predicted molar refractivity (Wildman–Crippen MR) is 205 cm³/mol. The van der Waals surface area contributed by atoms with Crippen molar-refractivity contribution in [2.24, 2.45) is 16.8 Å². The van der Waals surface area contributed by atoms with Gasteiger partial charge in [0.15, 0.2) is 12.6 Å². The SMILES string of the molecule is CC(C)CN(C[C@@H](O)[C@@H](N)Cc1ccccc1)S(=O)(=O)c1cc(OC2CCCCO2)cc(OC2CCCCO2)c1.[N-]=[N+]=N[C@@H](Cc1ccccc1)[C@H]1CO1. The first-order valence-corrected chi connectivity index (χ1v) is 20.4. The van der Waals surface area contributed by atoms with Crippen LogP contribution in [0.1, 0.15) is 63.5 Å². The predicted octanol–water partition coefficient (Wildman–Crippen LogP) is 6.38. The van der Waals surface area contributed by atoms with E-state index in [4.69, 9.17) is 34.9 Å². The van der Waals surface area contributed by atoms with Gasteiger partial charge in [-0.1, -0.05) is 79.6 Å². The lowest BCUT2D eigenvalue weighted by Gasteiger charge is -2.29. The maximum Gasteiger partial charge on any atom is 0.243 e. The number of epoxide rings is 1. The second kappa shape index (κ2) is 20.8. The van der Waals surface area contributed by atoms with Gasteiger partial charge in [0.05, 0.1) is 43.0 Å². The zero-order chi connectivity index (χ0) is 38.3. The highest BCUT2D eigenvalue weighted by Crippen LogP contribution is 2.32. The van der Waals surface area contributed by atoms with Gasteiger partial charge in [0.25, 0.3) is 0 Å². The second-order valence-electron chi connectivity index (χ2n) is 14.4. The number of rotatable bonds is 17. The van der Waals surface area contributed by atoms with Crippen LogP contribution in [0, 0.1) is 5.92 Å². The van der Waals surface area contributed by atoms with Crippen LogP contribution >= 0.6 is 0 Å². The highest BCUT2D eigenvalue weighted by molar-refractivity contribution is 7.89. The van der Waals surface area contributed by atoms with Crippen LogP contribution in [0.25, 0.3) is 10.4 Å². The van der Waals surface area contributed by atoms with Gasteiger partial charge in [0, 0.05) is 55.1 Å². The number of hydrogen-bond donors (Lipinski definition) is 2. The molecule has 3 aromatic carbocycles. The summed E-state index contributed by atoms with van der Waals surface area (Å²) < 4.78 is 58.2. The Morgan fingerprint density at radius 1 is 0.852 bits per heavy atom. The van der Waals surface area contributed by atoms with Crippen LogP contribution in [0.2, 0.25) is 0 Å². The fourth-order valence-electron chi connectivity index (χ4n) is 6.38. The number of azide groups is 1. The molecule has 0 radical (unpaired) electrons. The number of benzene rings is 3. The molecule has 0 spiro atoms. The van der Waals surface area contributed by atoms with Crippen molar-refractivity contribution in [3.63, 3.8) is 0 Å². The third-order valence-corrected chi connectivity index (χ3v) is 11.2. The summed E-state index contributed by atoms with van der Waals surface area (Å²) in [5.74, 6) is 0.725. The zero-order valence-corrected chi connectivity index (χ0v) is 32.1. The van der Waals surface area contributed by atoms with Gasteiger partial charge in [-0.2, -0.15) is 4.31 Å². The molecule has 0 aliphatic carbocycles. The lowest BCUT2D eigenvalue weighted by Crippen LogP contribution is -2.47. The summed E-state index contributed by atoms with van der Waals surface area (Å²) >= 11 is 0. The highest BCUT2D eigenvalue weighted by atomic mass is 32.2. The molecule has 3 fully saturated rings. The number of aliphatic hydroxyl groups excluding tert-OH is 1. The summed E-state index contributed by atoms with van der Waals surface area (Å²) in [4.78, 5) is 2.86. The summed E-state index contributed by atoms with van der Waals surface area (Å²) in [5, 5.41) is 14.7. The molecule has 3 aliphatic rings. The summed E-state index contributed by atoms with van der Waals surface area (Å²) in [6.45, 7) is 5.89. The highest BCUT2D eigenvalue weighted by Gasteiger charge is 2.33. The van der Waals surface area contributed by atoms with Gasteiger partial charge in [-0.15, -0.1) is 0 Å². The largest absolute Gasteiger partial charge is 0.465 e. The molecule has 3 saturated heterocycles. The van der Waals surface area contributed by atoms with E-state index < -0.39 is 34.7 Å². The molecular weight excluding hydrogens is 711 g/mol. The lowest BCUT2D eigenvalue weighted by molar-refractivity contribution is -0.109. The molecule has 0 aromatic heterocycles. The normalized spacial score (nSPS) is 21.6. The fourth-order valence-corrected chi connectivity index (χ4v) is 8.05. The van der Waals surface area contributed by atoms with Crippen molar-refractivity contribution in [3.05, 3.63) is 100 Å². The number of aliphatic hydroxyl groups is 1. The zero-order valence-electron chi connectivity index (χ0n) is 31.3. The molecule has 54 heavy (non-hydrogen) atoms. The molecule has 13 nitrogen and oxygen atoms in total. The van der Waals surface area contributed by atoms with E-state index in [1.807, 2.05) is 74.5 Å². The van der Waals surface area contributed by atoms with Crippen molar-refractivity contribution < 1.29 is 37.2 Å². The number of ether oxygens (including phenoxy) is 5. The Balaban J connectivity index is 0.000000333. The number of nitrogens with zero attached hydrogens (tertiary/aromatic N) is 4. The molecule has 0 amide bonds. The van der Waals surface area contributed by atoms with Gasteiger partial charge in [-0.05, 0) is 61.1 Å². The first-order chi connectivity index (χ1) is 26.1. The molecule has 2 unspecified atom stereocenters. The van der Waals surface area contributed by atoms with E-state index in [-0.39, 0.29) is 36.0 Å². The van der Waals surface area contributed by atoms with Crippen molar-refractivity contribution in [2.45, 2.75) is 107 Å². The maximum absolute atomic E-state index is 14.1. The van der Waals surface area contributed by atoms with E-state index in [1.165, 1.54) is 22.0 Å². The fraction of sp³-hybridized carbons (Fsp3) is 0.550. The van der Waals surface area contributed by atoms with Crippen LogP contribution < -0.4 is 15.2 Å². The summed E-state index contributed by atoms with van der Waals surface area (Å²) in [7, 11) is -4.05. The molecule has 6 rings (SSSR count). The minimum atomic E-state index is -4.05. The molecule has 294 valence electrons. The van der Waals surface area contributed by atoms with E-state index in [9.17, 15) is 13.5 Å². The van der Waals surface area contributed by atoms with Crippen LogP contribution in [0.3, 0.4) is 0 Å². The Hall–Kier alpha value is -3.72. The third kappa shape index (κ3) is 13.2. The average molecular weight is 766 g/mol. The van der Waals surface area contributed by atoms with Gasteiger partial charge in [-0.3, -0.25) is 0 Å². The van der Waals surface area contributed by atoms with Gasteiger partial charge in [0.2, 0.25) is 10.0 Å². The molecule has 3 aliphatic heterocycles. The number of hydrogen-bond acceptors (Lipinski definition) is 10. The van der Waals surface area contributed by atoms with Gasteiger partial charge < -0.3 is 34.5 Å². The topological polar surface area (TPSA) is 182 Å². The summed E-state index contributed by atoms with van der Waals surface area (Å²) in [5.41, 5.74) is 16.9. The Morgan fingerprint density at radius 3 is 1.85 bits per heavy atom. The standard InChI is InChI=1S/C30H44N2O7S.C10H11N3O/c1-22(2)20-32(21-28(33)27(31)16-23-10-4-3-5-11-23)40(34,35)26-18-24(38-29-12-6-8-14-36-29)17-25(19-26)39-30-13-7-9-15-37-30;11-13-12-9(10-7-14-10)6-8-4-2-1-3-5-8/h3-5,10-11,17-19,22,27-30,33H,6-9,12-16,20-21,31H2,1-2H3;1-5,9-10H,6-7H2/t27-,28+,29?,30?;9-,10+/m00/s1. The Labute approximate surface area is 319 Å². The van der Waals surface area contributed by atoms with Crippen molar-refractivity contribution in [1.82, 2.24) is 4.31 Å². The Bertz CT molecular complexity index is 1670. The maximum atomic E-state index is 14.1. The van der Waals surface area contributed by atoms with E-state index in [0.29, 0.717) is 31.1 Å². The minimum absolute atomic E-state index is 0.0220. The van der Waals surface area contributed by atoms with Crippen molar-refractivity contribution in [2.75, 3.05) is 32.9 Å². The molecule has 0 saturated carbocycles. The first kappa shape index (κ1) is 41.4. The molecule has 3 heterocycles. The molecule has 6 atom stereocenters. The molecule has 3 N–H and O–H groups in total. The van der Waals surface area contributed by atoms with Gasteiger partial charge in [-0.25, -0.2) is 8.42 Å². The smallest absolute Gasteiger partial charge is 0.243 e. The van der Waals surface area contributed by atoms with Crippen LogP contribution in [0.4, 0.5) is 0 Å². The van der Waals surface area contributed by atoms with Crippen molar-refractivity contribution in [3.8, 4) is 11.5 Å². The summed E-state index contributed by atoms with van der Waals surface area (Å²) in [6.07, 6.45) is 4.72. The monoisotopic (exact) mass is 765 g/mol. The third-order valence-electron chi connectivity index (χ3n) is 9.35. The van der Waals surface area contributed by atoms with E-state index in [0.717, 1.165) is 57.1 Å². The number of nitrogens with two attached hydrogens (primary N) is 1. The lowest BCUT2D eigenvalue weighted by atomic mass is 10.0. The molecule has 14 heteroatoms. The van der Waals surface area contributed by atoms with Crippen LogP contribution in [-0.4, -0.2) is 87.6 Å². The van der Waals surface area contributed by atoms with E-state index >= 15 is 0 Å². The van der Waals surface area contributed by atoms with E-state index in [1.54, 1.807) is 6.07 Å².